The molecular formula is C38H40N4O6S. The van der Waals surface area contributed by atoms with Gasteiger partial charge in [-0.2, -0.15) is 0 Å². The van der Waals surface area contributed by atoms with E-state index in [1.165, 1.54) is 15.3 Å². The Kier molecular flexibility index (Phi) is 9.81. The number of imide groups is 1. The third-order valence-corrected chi connectivity index (χ3v) is 10.3. The van der Waals surface area contributed by atoms with Crippen molar-refractivity contribution in [3.8, 4) is 22.3 Å². The molecule has 10 nitrogen and oxygen atoms in total. The van der Waals surface area contributed by atoms with Gasteiger partial charge in [-0.1, -0.05) is 42.5 Å². The molecule has 2 aromatic heterocycles. The summed E-state index contributed by atoms with van der Waals surface area (Å²) in [5.74, 6) is 2.15. The number of benzene rings is 3. The van der Waals surface area contributed by atoms with Crippen LogP contribution in [0.2, 0.25) is 0 Å². The van der Waals surface area contributed by atoms with Gasteiger partial charge in [0.2, 0.25) is 5.89 Å². The van der Waals surface area contributed by atoms with Gasteiger partial charge in [0.25, 0.3) is 5.91 Å². The SMILES string of the molecule is COc1ccc(CCC2OC(=O)N(CCCN3CCN(c4ccccc4)CC3)C2=O)cc1OCc1nc(-c2cc3ccccc3s2)oc1C. The van der Waals surface area contributed by atoms with Gasteiger partial charge in [-0.3, -0.25) is 9.69 Å². The molecule has 5 aromatic rings. The maximum atomic E-state index is 13.1. The minimum atomic E-state index is -0.793. The number of hydrogen-bond acceptors (Lipinski definition) is 10. The van der Waals surface area contributed by atoms with Gasteiger partial charge in [-0.25, -0.2) is 14.7 Å². The quantitative estimate of drug-likeness (QED) is 0.131. The first-order valence-corrected chi connectivity index (χ1v) is 17.6. The fourth-order valence-electron chi connectivity index (χ4n) is 6.39. The van der Waals surface area contributed by atoms with Crippen LogP contribution in [0, 0.1) is 6.92 Å². The highest BCUT2D eigenvalue weighted by molar-refractivity contribution is 7.22. The predicted molar refractivity (Wildman–Crippen MR) is 189 cm³/mol. The van der Waals surface area contributed by atoms with Crippen molar-refractivity contribution in [3.05, 3.63) is 95.9 Å². The van der Waals surface area contributed by atoms with Crippen molar-refractivity contribution in [1.29, 1.82) is 0 Å². The zero-order valence-corrected chi connectivity index (χ0v) is 28.6. The number of nitrogens with zero attached hydrogens (tertiary/aromatic N) is 4. The summed E-state index contributed by atoms with van der Waals surface area (Å²) in [6.07, 6.45) is 0.283. The van der Waals surface area contributed by atoms with Gasteiger partial charge in [0, 0.05) is 43.1 Å². The molecule has 0 aliphatic carbocycles. The fraction of sp³-hybridized carbons (Fsp3) is 0.342. The van der Waals surface area contributed by atoms with E-state index in [1.54, 1.807) is 18.4 Å². The van der Waals surface area contributed by atoms with Crippen LogP contribution in [0.25, 0.3) is 20.9 Å². The number of fused-ring (bicyclic) bond motifs is 1. The summed E-state index contributed by atoms with van der Waals surface area (Å²) >= 11 is 1.64. The monoisotopic (exact) mass is 680 g/mol. The van der Waals surface area contributed by atoms with Crippen molar-refractivity contribution >= 4 is 39.1 Å². The Balaban J connectivity index is 0.896. The summed E-state index contributed by atoms with van der Waals surface area (Å²) in [7, 11) is 1.60. The van der Waals surface area contributed by atoms with Crippen LogP contribution in [0.5, 0.6) is 11.5 Å². The number of amides is 2. The van der Waals surface area contributed by atoms with Gasteiger partial charge in [0.15, 0.2) is 17.6 Å². The second-order valence-corrected chi connectivity index (χ2v) is 13.4. The van der Waals surface area contributed by atoms with Crippen LogP contribution in [0.1, 0.15) is 29.9 Å². The predicted octanol–water partition coefficient (Wildman–Crippen LogP) is 6.94. The Labute approximate surface area is 289 Å². The summed E-state index contributed by atoms with van der Waals surface area (Å²) in [4.78, 5) is 37.5. The third kappa shape index (κ3) is 7.42. The lowest BCUT2D eigenvalue weighted by Crippen LogP contribution is -2.47. The van der Waals surface area contributed by atoms with E-state index in [-0.39, 0.29) is 12.5 Å². The zero-order chi connectivity index (χ0) is 33.7. The van der Waals surface area contributed by atoms with Gasteiger partial charge < -0.3 is 23.5 Å². The number of carbonyl (C=O) groups excluding carboxylic acids is 2. The highest BCUT2D eigenvalue weighted by Crippen LogP contribution is 2.35. The second-order valence-electron chi connectivity index (χ2n) is 12.4. The van der Waals surface area contributed by atoms with Gasteiger partial charge in [0.1, 0.15) is 18.1 Å². The molecule has 254 valence electrons. The van der Waals surface area contributed by atoms with Crippen LogP contribution >= 0.6 is 11.3 Å². The van der Waals surface area contributed by atoms with Crippen LogP contribution in [-0.4, -0.2) is 79.3 Å². The molecular weight excluding hydrogens is 641 g/mol. The minimum Gasteiger partial charge on any atom is -0.493 e. The number of rotatable bonds is 13. The second kappa shape index (κ2) is 14.7. The average Bonchev–Trinajstić information content (AvgIpc) is 3.81. The average molecular weight is 681 g/mol. The number of thiophene rings is 1. The maximum absolute atomic E-state index is 13.1. The summed E-state index contributed by atoms with van der Waals surface area (Å²) in [5.41, 5.74) is 2.89. The standard InChI is InChI=1S/C38H40N4O6S/c1-26-30(39-36(47-26)35-24-28-9-6-7-12-34(28)49-35)25-46-33-23-27(13-15-31(33)45-2)14-16-32-37(43)42(38(44)48-32)18-8-17-40-19-21-41(22-20-40)29-10-4-3-5-11-29/h3-7,9-13,15,23-24,32H,8,14,16-22,25H2,1-2H3. The summed E-state index contributed by atoms with van der Waals surface area (Å²) in [6.45, 7) is 7.11. The number of aryl methyl sites for hydroxylation is 2. The number of cyclic esters (lactones) is 1. The molecule has 4 heterocycles. The van der Waals surface area contributed by atoms with E-state index >= 15 is 0 Å². The molecule has 7 rings (SSSR count). The van der Waals surface area contributed by atoms with Crippen molar-refractivity contribution in [1.82, 2.24) is 14.8 Å². The van der Waals surface area contributed by atoms with Crippen molar-refractivity contribution in [3.63, 3.8) is 0 Å². The number of hydrogen-bond donors (Lipinski definition) is 0. The number of aromatic nitrogens is 1. The smallest absolute Gasteiger partial charge is 0.417 e. The molecule has 1 unspecified atom stereocenters. The van der Waals surface area contributed by atoms with E-state index in [9.17, 15) is 9.59 Å². The number of para-hydroxylation sites is 1. The molecule has 2 amide bonds. The normalized spacial score (nSPS) is 16.8. The summed E-state index contributed by atoms with van der Waals surface area (Å²) in [5, 5.41) is 1.16. The third-order valence-electron chi connectivity index (χ3n) is 9.17. The van der Waals surface area contributed by atoms with E-state index in [0.29, 0.717) is 54.7 Å². The highest BCUT2D eigenvalue weighted by Gasteiger charge is 2.39. The lowest BCUT2D eigenvalue weighted by molar-refractivity contribution is -0.129. The van der Waals surface area contributed by atoms with E-state index < -0.39 is 12.2 Å². The number of anilines is 1. The fourth-order valence-corrected chi connectivity index (χ4v) is 7.38. The van der Waals surface area contributed by atoms with Gasteiger partial charge in [-0.05, 0) is 80.1 Å². The molecule has 0 bridgehead atoms. The van der Waals surface area contributed by atoms with Crippen LogP contribution in [0.3, 0.4) is 0 Å². The molecule has 1 atom stereocenters. The van der Waals surface area contributed by atoms with Gasteiger partial charge in [-0.15, -0.1) is 11.3 Å². The minimum absolute atomic E-state index is 0.205. The first-order valence-electron chi connectivity index (χ1n) is 16.7. The van der Waals surface area contributed by atoms with E-state index in [2.05, 4.69) is 52.3 Å². The lowest BCUT2D eigenvalue weighted by atomic mass is 10.1. The van der Waals surface area contributed by atoms with Crippen LogP contribution in [-0.2, 0) is 22.6 Å². The Hall–Kier alpha value is -4.87. The Morgan fingerprint density at radius 3 is 2.51 bits per heavy atom. The molecule has 0 spiro atoms. The molecule has 2 fully saturated rings. The van der Waals surface area contributed by atoms with Crippen LogP contribution in [0.15, 0.2) is 83.3 Å². The van der Waals surface area contributed by atoms with Crippen molar-refractivity contribution < 1.29 is 28.2 Å². The van der Waals surface area contributed by atoms with Crippen molar-refractivity contribution in [2.45, 2.75) is 38.9 Å². The molecule has 2 aliphatic rings. The topological polar surface area (TPSA) is 97.6 Å². The lowest BCUT2D eigenvalue weighted by Gasteiger charge is -2.36. The van der Waals surface area contributed by atoms with E-state index in [4.69, 9.17) is 23.6 Å². The highest BCUT2D eigenvalue weighted by atomic mass is 32.1. The molecule has 49 heavy (non-hydrogen) atoms. The van der Waals surface area contributed by atoms with E-state index in [0.717, 1.165) is 48.6 Å². The largest absolute Gasteiger partial charge is 0.493 e. The number of carbonyl (C=O) groups is 2. The molecule has 0 saturated carbocycles. The number of methoxy groups -OCH3 is 1. The first-order chi connectivity index (χ1) is 23.9. The Morgan fingerprint density at radius 1 is 0.918 bits per heavy atom. The molecule has 2 saturated heterocycles. The maximum Gasteiger partial charge on any atom is 0.417 e. The molecule has 2 aliphatic heterocycles. The molecule has 3 aromatic carbocycles. The number of piperazine rings is 1. The van der Waals surface area contributed by atoms with E-state index in [1.807, 2.05) is 43.3 Å². The van der Waals surface area contributed by atoms with Gasteiger partial charge >= 0.3 is 6.09 Å². The summed E-state index contributed by atoms with van der Waals surface area (Å²) < 4.78 is 24.4. The zero-order valence-electron chi connectivity index (χ0n) is 27.8. The molecule has 11 heteroatoms. The van der Waals surface area contributed by atoms with Crippen LogP contribution in [0.4, 0.5) is 10.5 Å². The Bertz CT molecular complexity index is 1880. The van der Waals surface area contributed by atoms with Gasteiger partial charge in [0.05, 0.1) is 12.0 Å². The molecule has 0 radical (unpaired) electrons. The Morgan fingerprint density at radius 2 is 1.71 bits per heavy atom. The van der Waals surface area contributed by atoms with Crippen molar-refractivity contribution in [2.75, 3.05) is 51.3 Å². The number of ether oxygens (including phenoxy) is 3. The number of oxazole rings is 1. The van der Waals surface area contributed by atoms with Crippen molar-refractivity contribution in [2.24, 2.45) is 0 Å². The van der Waals surface area contributed by atoms with Crippen LogP contribution < -0.4 is 14.4 Å². The first kappa shape index (κ1) is 32.7. The molecule has 0 N–H and O–H groups in total. The summed E-state index contributed by atoms with van der Waals surface area (Å²) in [6, 6.07) is 26.4.